The van der Waals surface area contributed by atoms with Gasteiger partial charge in [-0.1, -0.05) is 29.5 Å². The van der Waals surface area contributed by atoms with Crippen LogP contribution in [0.3, 0.4) is 0 Å². The fraction of sp³-hybridized carbons (Fsp3) is 0.167. The number of ether oxygens (including phenoxy) is 2. The number of nitrogens with zero attached hydrogens (tertiary/aromatic N) is 4. The molecular formula is C24H23N5O3S. The molecule has 8 nitrogen and oxygen atoms in total. The Morgan fingerprint density at radius 3 is 2.45 bits per heavy atom. The van der Waals surface area contributed by atoms with Crippen LogP contribution in [-0.2, 0) is 4.79 Å². The Morgan fingerprint density at radius 2 is 1.76 bits per heavy atom. The first-order chi connectivity index (χ1) is 16.1. The van der Waals surface area contributed by atoms with Crippen LogP contribution < -0.4 is 14.8 Å². The van der Waals surface area contributed by atoms with Crippen molar-refractivity contribution in [2.24, 2.45) is 0 Å². The van der Waals surface area contributed by atoms with E-state index in [1.54, 1.807) is 44.8 Å². The number of aromatic nitrogens is 4. The summed E-state index contributed by atoms with van der Waals surface area (Å²) >= 11 is 1.30. The fourth-order valence-electron chi connectivity index (χ4n) is 3.21. The zero-order chi connectivity index (χ0) is 23.2. The summed E-state index contributed by atoms with van der Waals surface area (Å²) < 4.78 is 12.5. The van der Waals surface area contributed by atoms with Gasteiger partial charge in [0.25, 0.3) is 0 Å². The number of carbonyl (C=O) groups is 1. The van der Waals surface area contributed by atoms with E-state index in [1.807, 2.05) is 47.9 Å². The van der Waals surface area contributed by atoms with Crippen molar-refractivity contribution in [2.45, 2.75) is 12.1 Å². The van der Waals surface area contributed by atoms with Crippen molar-refractivity contribution in [3.8, 4) is 28.6 Å². The third-order valence-electron chi connectivity index (χ3n) is 4.88. The van der Waals surface area contributed by atoms with Crippen LogP contribution >= 0.6 is 11.8 Å². The second-order valence-corrected chi connectivity index (χ2v) is 8.06. The van der Waals surface area contributed by atoms with Gasteiger partial charge in [-0.15, -0.1) is 10.2 Å². The topological polar surface area (TPSA) is 91.2 Å². The quantitative estimate of drug-likeness (QED) is 0.389. The SMILES string of the molecule is COc1ccc(OC)c(NC(=O)CSc2nnc(-c3ccncc3)n2-c2ccc(C)cc2)c1. The van der Waals surface area contributed by atoms with Gasteiger partial charge in [-0.05, 0) is 43.3 Å². The highest BCUT2D eigenvalue weighted by Crippen LogP contribution is 2.30. The first-order valence-electron chi connectivity index (χ1n) is 10.2. The minimum absolute atomic E-state index is 0.140. The van der Waals surface area contributed by atoms with Crippen molar-refractivity contribution in [3.63, 3.8) is 0 Å². The average Bonchev–Trinajstić information content (AvgIpc) is 3.27. The molecule has 1 N–H and O–H groups in total. The van der Waals surface area contributed by atoms with Crippen LogP contribution in [0.1, 0.15) is 5.56 Å². The van der Waals surface area contributed by atoms with E-state index in [1.165, 1.54) is 11.8 Å². The molecule has 0 fully saturated rings. The minimum atomic E-state index is -0.199. The number of pyridine rings is 1. The Labute approximate surface area is 196 Å². The molecule has 0 spiro atoms. The Morgan fingerprint density at radius 1 is 1.00 bits per heavy atom. The number of anilines is 1. The van der Waals surface area contributed by atoms with Crippen molar-refractivity contribution in [1.82, 2.24) is 19.7 Å². The summed E-state index contributed by atoms with van der Waals surface area (Å²) in [6.45, 7) is 2.03. The van der Waals surface area contributed by atoms with E-state index in [0.29, 0.717) is 28.2 Å². The van der Waals surface area contributed by atoms with Gasteiger partial charge in [0.15, 0.2) is 11.0 Å². The molecular weight excluding hydrogens is 438 g/mol. The molecule has 9 heteroatoms. The van der Waals surface area contributed by atoms with E-state index in [0.717, 1.165) is 16.8 Å². The van der Waals surface area contributed by atoms with Gasteiger partial charge in [-0.25, -0.2) is 0 Å². The summed E-state index contributed by atoms with van der Waals surface area (Å²) in [5, 5.41) is 12.2. The van der Waals surface area contributed by atoms with Crippen molar-refractivity contribution >= 4 is 23.4 Å². The molecule has 0 aliphatic rings. The van der Waals surface area contributed by atoms with Crippen LogP contribution in [0.15, 0.2) is 72.1 Å². The van der Waals surface area contributed by atoms with Gasteiger partial charge in [-0.2, -0.15) is 0 Å². The Hall–Kier alpha value is -3.85. The molecule has 1 amide bonds. The maximum Gasteiger partial charge on any atom is 0.234 e. The number of amides is 1. The lowest BCUT2D eigenvalue weighted by Crippen LogP contribution is -2.15. The monoisotopic (exact) mass is 461 g/mol. The lowest BCUT2D eigenvalue weighted by molar-refractivity contribution is -0.113. The minimum Gasteiger partial charge on any atom is -0.497 e. The first kappa shape index (κ1) is 22.3. The molecule has 0 aliphatic carbocycles. The molecule has 0 radical (unpaired) electrons. The van der Waals surface area contributed by atoms with Gasteiger partial charge < -0.3 is 14.8 Å². The van der Waals surface area contributed by atoms with E-state index in [-0.39, 0.29) is 11.7 Å². The summed E-state index contributed by atoms with van der Waals surface area (Å²) in [4.78, 5) is 16.8. The Balaban J connectivity index is 1.58. The van der Waals surface area contributed by atoms with Gasteiger partial charge in [0, 0.05) is 29.7 Å². The van der Waals surface area contributed by atoms with E-state index in [4.69, 9.17) is 9.47 Å². The second-order valence-electron chi connectivity index (χ2n) is 7.12. The molecule has 0 bridgehead atoms. The van der Waals surface area contributed by atoms with Gasteiger partial charge in [0.2, 0.25) is 5.91 Å². The average molecular weight is 462 g/mol. The van der Waals surface area contributed by atoms with Gasteiger partial charge in [0.05, 0.1) is 25.7 Å². The van der Waals surface area contributed by atoms with Crippen molar-refractivity contribution in [3.05, 3.63) is 72.6 Å². The summed E-state index contributed by atoms with van der Waals surface area (Å²) in [7, 11) is 3.12. The second kappa shape index (κ2) is 10.2. The molecule has 0 aliphatic heterocycles. The summed E-state index contributed by atoms with van der Waals surface area (Å²) in [5.74, 6) is 1.80. The summed E-state index contributed by atoms with van der Waals surface area (Å²) in [6.07, 6.45) is 3.43. The highest BCUT2D eigenvalue weighted by molar-refractivity contribution is 7.99. The van der Waals surface area contributed by atoms with Crippen molar-refractivity contribution in [1.29, 1.82) is 0 Å². The third-order valence-corrected chi connectivity index (χ3v) is 5.81. The van der Waals surface area contributed by atoms with Gasteiger partial charge in [0.1, 0.15) is 11.5 Å². The van der Waals surface area contributed by atoms with Gasteiger partial charge >= 0.3 is 0 Å². The maximum absolute atomic E-state index is 12.7. The largest absolute Gasteiger partial charge is 0.497 e. The Bertz CT molecular complexity index is 1240. The van der Waals surface area contributed by atoms with Crippen LogP contribution in [-0.4, -0.2) is 45.6 Å². The number of hydrogen-bond acceptors (Lipinski definition) is 7. The van der Waals surface area contributed by atoms with E-state index < -0.39 is 0 Å². The molecule has 0 unspecified atom stereocenters. The van der Waals surface area contributed by atoms with Crippen LogP contribution in [0.4, 0.5) is 5.69 Å². The number of hydrogen-bond donors (Lipinski definition) is 1. The molecule has 33 heavy (non-hydrogen) atoms. The number of aryl methyl sites for hydroxylation is 1. The number of benzene rings is 2. The molecule has 2 heterocycles. The number of thioether (sulfide) groups is 1. The number of nitrogens with one attached hydrogen (secondary N) is 1. The third kappa shape index (κ3) is 5.15. The zero-order valence-corrected chi connectivity index (χ0v) is 19.3. The maximum atomic E-state index is 12.7. The highest BCUT2D eigenvalue weighted by Gasteiger charge is 2.18. The molecule has 0 atom stereocenters. The molecule has 0 saturated heterocycles. The molecule has 2 aromatic carbocycles. The first-order valence-corrected chi connectivity index (χ1v) is 11.1. The number of carbonyl (C=O) groups excluding carboxylic acids is 1. The summed E-state index contributed by atoms with van der Waals surface area (Å²) in [6, 6.07) is 17.1. The number of methoxy groups -OCH3 is 2. The highest BCUT2D eigenvalue weighted by atomic mass is 32.2. The van der Waals surface area contributed by atoms with E-state index in [2.05, 4.69) is 20.5 Å². The standard InChI is InChI=1S/C24H23N5O3S/c1-16-4-6-18(7-5-16)29-23(17-10-12-25-13-11-17)27-28-24(29)33-15-22(30)26-20-14-19(31-2)8-9-21(20)32-3/h4-14H,15H2,1-3H3,(H,26,30). The molecule has 168 valence electrons. The predicted octanol–water partition coefficient (Wildman–Crippen LogP) is 4.39. The predicted molar refractivity (Wildman–Crippen MR) is 128 cm³/mol. The van der Waals surface area contributed by atoms with Crippen molar-refractivity contribution < 1.29 is 14.3 Å². The lowest BCUT2D eigenvalue weighted by atomic mass is 10.2. The van der Waals surface area contributed by atoms with E-state index >= 15 is 0 Å². The van der Waals surface area contributed by atoms with E-state index in [9.17, 15) is 4.79 Å². The van der Waals surface area contributed by atoms with Gasteiger partial charge in [-0.3, -0.25) is 14.3 Å². The fourth-order valence-corrected chi connectivity index (χ4v) is 3.96. The van der Waals surface area contributed by atoms with Crippen LogP contribution in [0, 0.1) is 6.92 Å². The normalized spacial score (nSPS) is 10.6. The van der Waals surface area contributed by atoms with Crippen LogP contribution in [0.25, 0.3) is 17.1 Å². The van der Waals surface area contributed by atoms with Crippen molar-refractivity contribution in [2.75, 3.05) is 25.3 Å². The molecule has 4 rings (SSSR count). The smallest absolute Gasteiger partial charge is 0.234 e. The molecule has 0 saturated carbocycles. The molecule has 4 aromatic rings. The lowest BCUT2D eigenvalue weighted by Gasteiger charge is -2.12. The molecule has 2 aromatic heterocycles. The van der Waals surface area contributed by atoms with Crippen LogP contribution in [0.2, 0.25) is 0 Å². The van der Waals surface area contributed by atoms with Crippen LogP contribution in [0.5, 0.6) is 11.5 Å². The summed E-state index contributed by atoms with van der Waals surface area (Å²) in [5.41, 5.74) is 3.49. The number of rotatable bonds is 8. The zero-order valence-electron chi connectivity index (χ0n) is 18.5. The Kier molecular flexibility index (Phi) is 6.89.